The smallest absolute Gasteiger partial charge is 0.420 e. The first kappa shape index (κ1) is 22.5. The Hall–Kier alpha value is -3.69. The maximum absolute atomic E-state index is 13.3. The molecule has 0 saturated carbocycles. The molecule has 0 amide bonds. The van der Waals surface area contributed by atoms with Crippen molar-refractivity contribution in [3.63, 3.8) is 0 Å². The van der Waals surface area contributed by atoms with E-state index in [0.29, 0.717) is 5.52 Å². The summed E-state index contributed by atoms with van der Waals surface area (Å²) in [7, 11) is -4.00. The molecule has 0 fully saturated rings. The van der Waals surface area contributed by atoms with Crippen LogP contribution in [0.4, 0.5) is 0 Å². The molecule has 4 rings (SSSR count). The number of oxazole rings is 1. The largest absolute Gasteiger partial charge is 0.465 e. The van der Waals surface area contributed by atoms with Gasteiger partial charge in [-0.25, -0.2) is 13.2 Å². The fraction of sp³-hybridized carbons (Fsp3) is 0.167. The molecule has 0 radical (unpaired) electrons. The number of carbonyl (C=O) groups excluding carboxylic acids is 1. The Morgan fingerprint density at radius 1 is 1.00 bits per heavy atom. The molecule has 0 aliphatic rings. The topological polar surface area (TPSA) is 108 Å². The monoisotopic (exact) mass is 466 g/mol. The average Bonchev–Trinajstić information content (AvgIpc) is 3.13. The maximum atomic E-state index is 13.3. The fourth-order valence-corrected chi connectivity index (χ4v) is 4.77. The number of aromatic nitrogens is 1. The Labute approximate surface area is 190 Å². The molecular formula is C24H22N2O6S. The number of fused-ring (bicyclic) bond motifs is 1. The van der Waals surface area contributed by atoms with Gasteiger partial charge in [0.2, 0.25) is 10.0 Å². The van der Waals surface area contributed by atoms with Gasteiger partial charge in [0.1, 0.15) is 6.54 Å². The Balaban J connectivity index is 1.69. The first-order valence-corrected chi connectivity index (χ1v) is 11.8. The Morgan fingerprint density at radius 2 is 1.61 bits per heavy atom. The van der Waals surface area contributed by atoms with Gasteiger partial charge in [0, 0.05) is 6.07 Å². The van der Waals surface area contributed by atoms with E-state index in [-0.39, 0.29) is 23.6 Å². The number of sulfonamides is 1. The third-order valence-electron chi connectivity index (χ3n) is 5.08. The number of esters is 1. The SMILES string of the molecule is CCOC(=O)Cn1c(=O)oc2cc(S(=O)(=O)NC(c3ccccc3)c3ccccc3)ccc21. The van der Waals surface area contributed by atoms with E-state index >= 15 is 0 Å². The highest BCUT2D eigenvalue weighted by Gasteiger charge is 2.24. The Morgan fingerprint density at radius 3 is 2.18 bits per heavy atom. The molecule has 0 aliphatic heterocycles. The van der Waals surface area contributed by atoms with Crippen molar-refractivity contribution in [1.82, 2.24) is 9.29 Å². The van der Waals surface area contributed by atoms with Gasteiger partial charge < -0.3 is 9.15 Å². The highest BCUT2D eigenvalue weighted by molar-refractivity contribution is 7.89. The summed E-state index contributed by atoms with van der Waals surface area (Å²) in [5.74, 6) is -1.36. The van der Waals surface area contributed by atoms with E-state index in [9.17, 15) is 18.0 Å². The van der Waals surface area contributed by atoms with Gasteiger partial charge in [-0.15, -0.1) is 0 Å². The number of ether oxygens (including phenoxy) is 1. The van der Waals surface area contributed by atoms with E-state index in [2.05, 4.69) is 4.72 Å². The molecule has 1 aromatic heterocycles. The average molecular weight is 467 g/mol. The molecule has 4 aromatic rings. The van der Waals surface area contributed by atoms with Gasteiger partial charge in [-0.2, -0.15) is 4.72 Å². The van der Waals surface area contributed by atoms with Crippen LogP contribution in [-0.4, -0.2) is 25.6 Å². The normalized spacial score (nSPS) is 11.7. The summed E-state index contributed by atoms with van der Waals surface area (Å²) in [6, 6.07) is 21.9. The molecule has 1 N–H and O–H groups in total. The van der Waals surface area contributed by atoms with Crippen molar-refractivity contribution < 1.29 is 22.4 Å². The van der Waals surface area contributed by atoms with Gasteiger partial charge in [0.05, 0.1) is 23.1 Å². The Kier molecular flexibility index (Phi) is 6.43. The molecule has 1 heterocycles. The van der Waals surface area contributed by atoms with Gasteiger partial charge >= 0.3 is 11.7 Å². The minimum atomic E-state index is -4.00. The van der Waals surface area contributed by atoms with Crippen LogP contribution in [0.3, 0.4) is 0 Å². The third kappa shape index (κ3) is 4.89. The molecule has 0 unspecified atom stereocenters. The molecule has 0 atom stereocenters. The number of rotatable bonds is 8. The van der Waals surface area contributed by atoms with E-state index < -0.39 is 27.8 Å². The second-order valence-electron chi connectivity index (χ2n) is 7.26. The van der Waals surface area contributed by atoms with Crippen molar-refractivity contribution >= 4 is 27.1 Å². The van der Waals surface area contributed by atoms with Crippen LogP contribution in [0.1, 0.15) is 24.1 Å². The lowest BCUT2D eigenvalue weighted by Crippen LogP contribution is -2.29. The molecule has 0 bridgehead atoms. The molecule has 0 saturated heterocycles. The standard InChI is InChI=1S/C24H22N2O6S/c1-2-31-22(27)16-26-20-14-13-19(15-21(20)32-24(26)28)33(29,30)25-23(17-9-5-3-6-10-17)18-11-7-4-8-12-18/h3-15,23,25H,2,16H2,1H3. The van der Waals surface area contributed by atoms with Crippen molar-refractivity contribution in [2.75, 3.05) is 6.61 Å². The molecule has 3 aromatic carbocycles. The predicted octanol–water partition coefficient (Wildman–Crippen LogP) is 3.23. The van der Waals surface area contributed by atoms with Crippen molar-refractivity contribution in [1.29, 1.82) is 0 Å². The highest BCUT2D eigenvalue weighted by Crippen LogP contribution is 2.26. The Bertz CT molecular complexity index is 1390. The van der Waals surface area contributed by atoms with Crippen LogP contribution in [0, 0.1) is 0 Å². The molecule has 0 spiro atoms. The lowest BCUT2D eigenvalue weighted by molar-refractivity contribution is -0.143. The van der Waals surface area contributed by atoms with Crippen LogP contribution in [0.15, 0.2) is 93.0 Å². The quantitative estimate of drug-likeness (QED) is 0.400. The summed E-state index contributed by atoms with van der Waals surface area (Å²) < 4.78 is 40.5. The van der Waals surface area contributed by atoms with Gasteiger partial charge in [0.25, 0.3) is 0 Å². The molecule has 8 nitrogen and oxygen atoms in total. The minimum absolute atomic E-state index is 0.0585. The zero-order valence-electron chi connectivity index (χ0n) is 17.8. The molecule has 33 heavy (non-hydrogen) atoms. The van der Waals surface area contributed by atoms with Crippen molar-refractivity contribution in [2.24, 2.45) is 0 Å². The first-order valence-electron chi connectivity index (χ1n) is 10.3. The van der Waals surface area contributed by atoms with Crippen molar-refractivity contribution in [3.8, 4) is 0 Å². The van der Waals surface area contributed by atoms with Crippen molar-refractivity contribution in [2.45, 2.75) is 24.4 Å². The minimum Gasteiger partial charge on any atom is -0.465 e. The second-order valence-corrected chi connectivity index (χ2v) is 8.98. The number of carbonyl (C=O) groups is 1. The number of nitrogens with one attached hydrogen (secondary N) is 1. The predicted molar refractivity (Wildman–Crippen MR) is 122 cm³/mol. The summed E-state index contributed by atoms with van der Waals surface area (Å²) >= 11 is 0. The van der Waals surface area contributed by atoms with Gasteiger partial charge in [0.15, 0.2) is 5.58 Å². The van der Waals surface area contributed by atoms with Crippen LogP contribution in [-0.2, 0) is 26.1 Å². The lowest BCUT2D eigenvalue weighted by Gasteiger charge is -2.20. The van der Waals surface area contributed by atoms with Crippen LogP contribution < -0.4 is 10.5 Å². The summed E-state index contributed by atoms with van der Waals surface area (Å²) in [6.45, 7) is 1.52. The molecule has 9 heteroatoms. The van der Waals surface area contributed by atoms with E-state index in [1.54, 1.807) is 6.92 Å². The van der Waals surface area contributed by atoms with Gasteiger partial charge in [-0.3, -0.25) is 9.36 Å². The molecular weight excluding hydrogens is 444 g/mol. The second kappa shape index (κ2) is 9.43. The third-order valence-corrected chi connectivity index (χ3v) is 6.50. The summed E-state index contributed by atoms with van der Waals surface area (Å²) in [4.78, 5) is 23.9. The van der Waals surface area contributed by atoms with E-state index in [0.717, 1.165) is 15.7 Å². The first-order chi connectivity index (χ1) is 15.9. The van der Waals surface area contributed by atoms with E-state index in [4.69, 9.17) is 9.15 Å². The summed E-state index contributed by atoms with van der Waals surface area (Å²) in [6.07, 6.45) is 0. The number of benzene rings is 3. The number of hydrogen-bond acceptors (Lipinski definition) is 6. The van der Waals surface area contributed by atoms with Gasteiger partial charge in [-0.05, 0) is 30.2 Å². The maximum Gasteiger partial charge on any atom is 0.420 e. The fourth-order valence-electron chi connectivity index (χ4n) is 3.54. The lowest BCUT2D eigenvalue weighted by atomic mass is 10.00. The molecule has 170 valence electrons. The van der Waals surface area contributed by atoms with Crippen molar-refractivity contribution in [3.05, 3.63) is 101 Å². The van der Waals surface area contributed by atoms with E-state index in [1.165, 1.54) is 18.2 Å². The number of hydrogen-bond donors (Lipinski definition) is 1. The van der Waals surface area contributed by atoms with Crippen LogP contribution >= 0.6 is 0 Å². The zero-order valence-corrected chi connectivity index (χ0v) is 18.6. The summed E-state index contributed by atoms with van der Waals surface area (Å²) in [5, 5.41) is 0. The number of nitrogens with zero attached hydrogens (tertiary/aromatic N) is 1. The van der Waals surface area contributed by atoms with Crippen LogP contribution in [0.25, 0.3) is 11.1 Å². The summed E-state index contributed by atoms with van der Waals surface area (Å²) in [5.41, 5.74) is 1.92. The van der Waals surface area contributed by atoms with Gasteiger partial charge in [-0.1, -0.05) is 60.7 Å². The molecule has 0 aliphatic carbocycles. The highest BCUT2D eigenvalue weighted by atomic mass is 32.2. The van der Waals surface area contributed by atoms with Crippen LogP contribution in [0.2, 0.25) is 0 Å². The van der Waals surface area contributed by atoms with E-state index in [1.807, 2.05) is 60.7 Å². The zero-order chi connectivity index (χ0) is 23.4. The van der Waals surface area contributed by atoms with Crippen LogP contribution in [0.5, 0.6) is 0 Å².